The summed E-state index contributed by atoms with van der Waals surface area (Å²) in [4.78, 5) is 10.4. The summed E-state index contributed by atoms with van der Waals surface area (Å²) in [6.07, 6.45) is 4.08. The largest absolute Gasteiger partial charge is 0.374 e. The average molecular weight is 199 g/mol. The quantitative estimate of drug-likeness (QED) is 0.516. The van der Waals surface area contributed by atoms with Crippen molar-refractivity contribution < 1.29 is 9.66 Å². The third-order valence-electron chi connectivity index (χ3n) is 2.20. The second-order valence-electron chi connectivity index (χ2n) is 4.06. The lowest BCUT2D eigenvalue weighted by atomic mass is 10.1. The first kappa shape index (κ1) is 11.2. The van der Waals surface area contributed by atoms with Crippen LogP contribution in [-0.2, 0) is 4.74 Å². The van der Waals surface area contributed by atoms with Crippen molar-refractivity contribution in [3.63, 3.8) is 0 Å². The Morgan fingerprint density at radius 1 is 1.71 bits per heavy atom. The van der Waals surface area contributed by atoms with Gasteiger partial charge >= 0.3 is 0 Å². The number of nitrogens with zero attached hydrogens (tertiary/aromatic N) is 1. The van der Waals surface area contributed by atoms with Crippen molar-refractivity contribution in [2.24, 2.45) is 5.92 Å². The van der Waals surface area contributed by atoms with Crippen molar-refractivity contribution in [3.8, 4) is 0 Å². The highest BCUT2D eigenvalue weighted by molar-refractivity contribution is 4.99. The van der Waals surface area contributed by atoms with Crippen LogP contribution in [0.3, 0.4) is 0 Å². The van der Waals surface area contributed by atoms with Crippen LogP contribution >= 0.6 is 0 Å². The predicted molar refractivity (Wildman–Crippen MR) is 53.5 cm³/mol. The molecule has 1 fully saturated rings. The van der Waals surface area contributed by atoms with Crippen LogP contribution in [-0.4, -0.2) is 17.6 Å². The van der Waals surface area contributed by atoms with Crippen LogP contribution in [0.25, 0.3) is 0 Å². The topological polar surface area (TPSA) is 52.4 Å². The monoisotopic (exact) mass is 199 g/mol. The molecule has 0 radical (unpaired) electrons. The molecule has 0 aliphatic carbocycles. The highest BCUT2D eigenvalue weighted by atomic mass is 16.6. The summed E-state index contributed by atoms with van der Waals surface area (Å²) in [5.41, 5.74) is 0.298. The molecule has 0 aromatic heterocycles. The van der Waals surface area contributed by atoms with Gasteiger partial charge in [-0.25, -0.2) is 0 Å². The van der Waals surface area contributed by atoms with E-state index in [9.17, 15) is 10.1 Å². The summed E-state index contributed by atoms with van der Waals surface area (Å²) in [5.74, 6) is 0.313. The Morgan fingerprint density at radius 3 is 2.86 bits per heavy atom. The van der Waals surface area contributed by atoms with Crippen molar-refractivity contribution in [1.82, 2.24) is 0 Å². The molecule has 80 valence electrons. The molecule has 0 bridgehead atoms. The smallest absolute Gasteiger partial charge is 0.245 e. The summed E-state index contributed by atoms with van der Waals surface area (Å²) in [6, 6.07) is 0. The van der Waals surface area contributed by atoms with E-state index in [1.165, 1.54) is 0 Å². The fraction of sp³-hybridized carbons (Fsp3) is 0.800. The summed E-state index contributed by atoms with van der Waals surface area (Å²) < 4.78 is 5.33. The van der Waals surface area contributed by atoms with E-state index in [0.717, 1.165) is 19.4 Å². The van der Waals surface area contributed by atoms with Crippen molar-refractivity contribution in [3.05, 3.63) is 21.9 Å². The number of rotatable bonds is 4. The Morgan fingerprint density at radius 2 is 2.43 bits per heavy atom. The van der Waals surface area contributed by atoms with Crippen molar-refractivity contribution in [2.45, 2.75) is 39.2 Å². The zero-order chi connectivity index (χ0) is 10.6. The Hall–Kier alpha value is -0.900. The van der Waals surface area contributed by atoms with E-state index in [1.54, 1.807) is 6.08 Å². The van der Waals surface area contributed by atoms with E-state index in [2.05, 4.69) is 0 Å². The maximum Gasteiger partial charge on any atom is 0.245 e. The van der Waals surface area contributed by atoms with E-state index < -0.39 is 0 Å². The Labute approximate surface area is 84.1 Å². The lowest BCUT2D eigenvalue weighted by Gasteiger charge is -2.05. The minimum absolute atomic E-state index is 0.0332. The zero-order valence-corrected chi connectivity index (χ0v) is 8.73. The predicted octanol–water partition coefficient (Wildman–Crippen LogP) is 2.37. The van der Waals surface area contributed by atoms with Crippen LogP contribution < -0.4 is 0 Å². The van der Waals surface area contributed by atoms with E-state index in [-0.39, 0.29) is 11.0 Å². The van der Waals surface area contributed by atoms with Crippen LogP contribution in [0.1, 0.15) is 33.1 Å². The minimum Gasteiger partial charge on any atom is -0.374 e. The van der Waals surface area contributed by atoms with Gasteiger partial charge in [-0.3, -0.25) is 10.1 Å². The van der Waals surface area contributed by atoms with Gasteiger partial charge in [0.2, 0.25) is 5.70 Å². The number of ether oxygens (including phenoxy) is 1. The summed E-state index contributed by atoms with van der Waals surface area (Å²) >= 11 is 0. The zero-order valence-electron chi connectivity index (χ0n) is 8.73. The standard InChI is InChI=1S/C10H17NO3/c1-8(2)6-9(11(12)13)7-10-4-3-5-14-10/h7-8,10H,3-6H2,1-2H3. The van der Waals surface area contributed by atoms with Crippen LogP contribution in [0.2, 0.25) is 0 Å². The van der Waals surface area contributed by atoms with Gasteiger partial charge in [-0.2, -0.15) is 0 Å². The molecule has 14 heavy (non-hydrogen) atoms. The molecule has 4 heteroatoms. The first-order valence-electron chi connectivity index (χ1n) is 5.06. The third kappa shape index (κ3) is 3.46. The minimum atomic E-state index is -0.290. The second-order valence-corrected chi connectivity index (χ2v) is 4.06. The fourth-order valence-electron chi connectivity index (χ4n) is 1.57. The first-order valence-corrected chi connectivity index (χ1v) is 5.06. The number of allylic oxidation sites excluding steroid dienone is 1. The Bertz CT molecular complexity index is 230. The highest BCUT2D eigenvalue weighted by Crippen LogP contribution is 2.18. The Kier molecular flexibility index (Phi) is 4.07. The number of hydrogen-bond donors (Lipinski definition) is 0. The summed E-state index contributed by atoms with van der Waals surface area (Å²) in [6.45, 7) is 4.69. The molecule has 0 aromatic carbocycles. The van der Waals surface area contributed by atoms with Gasteiger partial charge in [0.1, 0.15) is 0 Å². The molecule has 0 N–H and O–H groups in total. The van der Waals surface area contributed by atoms with Gasteiger partial charge in [-0.1, -0.05) is 13.8 Å². The SMILES string of the molecule is CC(C)CC(=CC1CCCO1)[N+](=O)[O-]. The van der Waals surface area contributed by atoms with E-state index in [0.29, 0.717) is 18.0 Å². The molecule has 1 heterocycles. The van der Waals surface area contributed by atoms with Crippen LogP contribution in [0.5, 0.6) is 0 Å². The summed E-state index contributed by atoms with van der Waals surface area (Å²) in [7, 11) is 0. The maximum atomic E-state index is 10.7. The molecule has 1 rings (SSSR count). The molecule has 1 unspecified atom stereocenters. The van der Waals surface area contributed by atoms with E-state index in [4.69, 9.17) is 4.74 Å². The number of nitro groups is 1. The van der Waals surface area contributed by atoms with Crippen LogP contribution in [0.4, 0.5) is 0 Å². The van der Waals surface area contributed by atoms with E-state index >= 15 is 0 Å². The van der Waals surface area contributed by atoms with Crippen LogP contribution in [0.15, 0.2) is 11.8 Å². The van der Waals surface area contributed by atoms with Gasteiger partial charge in [-0.15, -0.1) is 0 Å². The van der Waals surface area contributed by atoms with E-state index in [1.807, 2.05) is 13.8 Å². The number of hydrogen-bond acceptors (Lipinski definition) is 3. The van der Waals surface area contributed by atoms with Gasteiger partial charge < -0.3 is 4.74 Å². The normalized spacial score (nSPS) is 23.1. The van der Waals surface area contributed by atoms with Crippen LogP contribution in [0, 0.1) is 16.0 Å². The first-order chi connectivity index (χ1) is 6.59. The van der Waals surface area contributed by atoms with Crippen molar-refractivity contribution in [1.29, 1.82) is 0 Å². The molecule has 1 aliphatic heterocycles. The average Bonchev–Trinajstić information content (AvgIpc) is 2.54. The molecule has 4 nitrogen and oxygen atoms in total. The molecule has 0 aromatic rings. The molecular weight excluding hydrogens is 182 g/mol. The molecule has 0 spiro atoms. The molecule has 1 atom stereocenters. The van der Waals surface area contributed by atoms with Gasteiger partial charge in [0.25, 0.3) is 0 Å². The summed E-state index contributed by atoms with van der Waals surface area (Å²) in [5, 5.41) is 10.7. The maximum absolute atomic E-state index is 10.7. The van der Waals surface area contributed by atoms with Crippen molar-refractivity contribution in [2.75, 3.05) is 6.61 Å². The van der Waals surface area contributed by atoms with Gasteiger partial charge in [0.05, 0.1) is 11.0 Å². The van der Waals surface area contributed by atoms with Gasteiger partial charge in [0.15, 0.2) is 0 Å². The second kappa shape index (κ2) is 5.10. The molecule has 1 saturated heterocycles. The molecule has 1 aliphatic rings. The van der Waals surface area contributed by atoms with Gasteiger partial charge in [-0.05, 0) is 18.8 Å². The fourth-order valence-corrected chi connectivity index (χ4v) is 1.57. The third-order valence-corrected chi connectivity index (χ3v) is 2.20. The molecule has 0 amide bonds. The van der Waals surface area contributed by atoms with Gasteiger partial charge in [0, 0.05) is 19.1 Å². The lowest BCUT2D eigenvalue weighted by Crippen LogP contribution is -2.08. The van der Waals surface area contributed by atoms with Crippen molar-refractivity contribution >= 4 is 0 Å². The Balaban J connectivity index is 2.60. The lowest BCUT2D eigenvalue weighted by molar-refractivity contribution is -0.429. The highest BCUT2D eigenvalue weighted by Gasteiger charge is 2.19. The molecular formula is C10H17NO3. The molecule has 0 saturated carbocycles.